The number of hydrogen-bond acceptors (Lipinski definition) is 6. The Morgan fingerprint density at radius 3 is 2.64 bits per heavy atom. The maximum Gasteiger partial charge on any atom is 0.225 e. The Kier molecular flexibility index (Phi) is 4.48. The third-order valence-corrected chi connectivity index (χ3v) is 6.53. The first-order valence-electron chi connectivity index (χ1n) is 10.3. The van der Waals surface area contributed by atoms with Gasteiger partial charge in [-0.25, -0.2) is 9.97 Å². The Hall–Kier alpha value is -2.18. The highest BCUT2D eigenvalue weighted by Gasteiger charge is 2.41. The topological polar surface area (TPSA) is 61.7 Å². The van der Waals surface area contributed by atoms with Crippen LogP contribution in [0.1, 0.15) is 46.8 Å². The van der Waals surface area contributed by atoms with Crippen LogP contribution in [0.2, 0.25) is 0 Å². The number of aromatic nitrogens is 2. The number of aryl methyl sites for hydroxylation is 2. The van der Waals surface area contributed by atoms with E-state index in [2.05, 4.69) is 28.1 Å². The van der Waals surface area contributed by atoms with Crippen LogP contribution >= 0.6 is 0 Å². The molecule has 148 valence electrons. The third-order valence-electron chi connectivity index (χ3n) is 6.53. The highest BCUT2D eigenvalue weighted by Crippen LogP contribution is 2.44. The van der Waals surface area contributed by atoms with E-state index in [1.165, 1.54) is 29.7 Å². The van der Waals surface area contributed by atoms with E-state index in [9.17, 15) is 5.11 Å². The largest absolute Gasteiger partial charge is 0.507 e. The van der Waals surface area contributed by atoms with Gasteiger partial charge in [0.25, 0.3) is 0 Å². The third kappa shape index (κ3) is 3.05. The second kappa shape index (κ2) is 7.01. The summed E-state index contributed by atoms with van der Waals surface area (Å²) in [4.78, 5) is 14.5. The Morgan fingerprint density at radius 1 is 1.14 bits per heavy atom. The number of phenols is 1. The molecular formula is C22H28N4O2. The minimum atomic E-state index is 0.405. The average Bonchev–Trinajstić information content (AvgIpc) is 2.98. The molecule has 1 aromatic carbocycles. The van der Waals surface area contributed by atoms with Crippen molar-refractivity contribution >= 4 is 5.95 Å². The molecule has 0 radical (unpaired) electrons. The molecule has 1 aromatic heterocycles. The lowest BCUT2D eigenvalue weighted by Gasteiger charge is -2.36. The molecule has 1 N–H and O–H groups in total. The zero-order chi connectivity index (χ0) is 19.3. The highest BCUT2D eigenvalue weighted by molar-refractivity contribution is 5.43. The number of aromatic hydroxyl groups is 1. The van der Waals surface area contributed by atoms with Crippen molar-refractivity contribution in [1.29, 1.82) is 0 Å². The second-order valence-corrected chi connectivity index (χ2v) is 8.37. The van der Waals surface area contributed by atoms with E-state index in [0.29, 0.717) is 17.8 Å². The minimum absolute atomic E-state index is 0.405. The zero-order valence-corrected chi connectivity index (χ0v) is 16.7. The van der Waals surface area contributed by atoms with Crippen LogP contribution in [-0.4, -0.2) is 52.3 Å². The van der Waals surface area contributed by atoms with Gasteiger partial charge < -0.3 is 14.7 Å². The number of nitrogens with zero attached hydrogens (tertiary/aromatic N) is 4. The summed E-state index contributed by atoms with van der Waals surface area (Å²) in [6.07, 6.45) is 5.46. The summed E-state index contributed by atoms with van der Waals surface area (Å²) >= 11 is 0. The molecule has 2 bridgehead atoms. The van der Waals surface area contributed by atoms with Crippen molar-refractivity contribution in [3.63, 3.8) is 0 Å². The number of ether oxygens (including phenoxy) is 1. The molecule has 2 atom stereocenters. The predicted octanol–water partition coefficient (Wildman–Crippen LogP) is 2.90. The summed E-state index contributed by atoms with van der Waals surface area (Å²) in [5.74, 6) is 1.28. The van der Waals surface area contributed by atoms with Crippen LogP contribution in [0.4, 0.5) is 5.95 Å². The Balaban J connectivity index is 1.40. The predicted molar refractivity (Wildman–Crippen MR) is 108 cm³/mol. The van der Waals surface area contributed by atoms with Crippen molar-refractivity contribution in [1.82, 2.24) is 14.9 Å². The fourth-order valence-corrected chi connectivity index (χ4v) is 5.07. The van der Waals surface area contributed by atoms with Gasteiger partial charge in [0.15, 0.2) is 0 Å². The van der Waals surface area contributed by atoms with Gasteiger partial charge in [0.05, 0.1) is 18.9 Å². The molecule has 2 unspecified atom stereocenters. The molecule has 0 saturated carbocycles. The fraction of sp³-hybridized carbons (Fsp3) is 0.545. The summed E-state index contributed by atoms with van der Waals surface area (Å²) in [7, 11) is 0. The summed E-state index contributed by atoms with van der Waals surface area (Å²) in [5, 5.41) is 10.1. The first-order valence-corrected chi connectivity index (χ1v) is 10.3. The lowest BCUT2D eigenvalue weighted by atomic mass is 9.97. The molecule has 0 aliphatic carbocycles. The molecule has 2 saturated heterocycles. The van der Waals surface area contributed by atoms with Gasteiger partial charge in [-0.15, -0.1) is 0 Å². The smallest absolute Gasteiger partial charge is 0.225 e. The van der Waals surface area contributed by atoms with Crippen molar-refractivity contribution < 1.29 is 9.84 Å². The summed E-state index contributed by atoms with van der Waals surface area (Å²) in [6, 6.07) is 5.19. The Bertz CT molecular complexity index is 871. The van der Waals surface area contributed by atoms with Crippen molar-refractivity contribution in [3.8, 4) is 5.75 Å². The molecule has 3 aliphatic rings. The number of phenolic OH excluding ortho intramolecular Hbond substituents is 1. The lowest BCUT2D eigenvalue weighted by Crippen LogP contribution is -2.40. The van der Waals surface area contributed by atoms with Crippen molar-refractivity contribution in [2.24, 2.45) is 0 Å². The van der Waals surface area contributed by atoms with Crippen LogP contribution < -0.4 is 4.90 Å². The van der Waals surface area contributed by atoms with E-state index in [1.54, 1.807) is 0 Å². The molecule has 28 heavy (non-hydrogen) atoms. The van der Waals surface area contributed by atoms with E-state index >= 15 is 0 Å². The van der Waals surface area contributed by atoms with Gasteiger partial charge in [-0.1, -0.05) is 12.1 Å². The van der Waals surface area contributed by atoms with Crippen molar-refractivity contribution in [2.45, 2.75) is 51.7 Å². The van der Waals surface area contributed by atoms with E-state index in [-0.39, 0.29) is 0 Å². The van der Waals surface area contributed by atoms with Gasteiger partial charge in [-0.2, -0.15) is 0 Å². The van der Waals surface area contributed by atoms with E-state index < -0.39 is 0 Å². The van der Waals surface area contributed by atoms with Crippen LogP contribution in [0.25, 0.3) is 0 Å². The van der Waals surface area contributed by atoms with E-state index in [1.807, 2.05) is 13.8 Å². The van der Waals surface area contributed by atoms with Gasteiger partial charge in [0.2, 0.25) is 5.95 Å². The number of fused-ring (bicyclic) bond motifs is 4. The number of hydrogen-bond donors (Lipinski definition) is 1. The van der Waals surface area contributed by atoms with Crippen LogP contribution in [0.15, 0.2) is 18.3 Å². The maximum atomic E-state index is 10.1. The summed E-state index contributed by atoms with van der Waals surface area (Å²) < 4.78 is 5.45. The normalized spacial score (nSPS) is 24.4. The molecule has 2 aromatic rings. The minimum Gasteiger partial charge on any atom is -0.507 e. The first kappa shape index (κ1) is 17.9. The molecule has 2 fully saturated rings. The van der Waals surface area contributed by atoms with Gasteiger partial charge in [0, 0.05) is 49.9 Å². The van der Waals surface area contributed by atoms with Gasteiger partial charge in [-0.05, 0) is 43.4 Å². The summed E-state index contributed by atoms with van der Waals surface area (Å²) in [6.45, 7) is 8.13. The van der Waals surface area contributed by atoms with Crippen LogP contribution in [0.5, 0.6) is 5.75 Å². The first-order chi connectivity index (χ1) is 13.6. The molecule has 0 amide bonds. The molecule has 6 nitrogen and oxygen atoms in total. The number of morpholine rings is 1. The van der Waals surface area contributed by atoms with Gasteiger partial charge in [0.1, 0.15) is 5.75 Å². The van der Waals surface area contributed by atoms with Crippen molar-refractivity contribution in [2.75, 3.05) is 31.2 Å². The standard InChI is InChI=1S/C22H28N4O2/c1-14-9-16(10-15(2)21(14)27)13-26-17-3-4-20(26)18-12-23-22(24-19(18)11-17)25-5-7-28-8-6-25/h9-10,12,17,20,27H,3-8,11,13H2,1-2H3. The molecular weight excluding hydrogens is 352 g/mol. The SMILES string of the molecule is Cc1cc(CN2C3CCC2c2cnc(N4CCOCC4)nc2C3)cc(C)c1O. The molecule has 6 heteroatoms. The van der Waals surface area contributed by atoms with E-state index in [0.717, 1.165) is 56.3 Å². The van der Waals surface area contributed by atoms with Gasteiger partial charge >= 0.3 is 0 Å². The molecule has 3 aliphatic heterocycles. The van der Waals surface area contributed by atoms with Crippen LogP contribution in [0.3, 0.4) is 0 Å². The zero-order valence-electron chi connectivity index (χ0n) is 16.7. The Labute approximate surface area is 166 Å². The quantitative estimate of drug-likeness (QED) is 0.884. The molecule has 0 spiro atoms. The maximum absolute atomic E-state index is 10.1. The van der Waals surface area contributed by atoms with Crippen LogP contribution in [0, 0.1) is 13.8 Å². The average molecular weight is 380 g/mol. The lowest BCUT2D eigenvalue weighted by molar-refractivity contribution is 0.122. The number of benzene rings is 1. The molecule has 5 rings (SSSR count). The Morgan fingerprint density at radius 2 is 1.89 bits per heavy atom. The van der Waals surface area contributed by atoms with Crippen LogP contribution in [-0.2, 0) is 17.7 Å². The van der Waals surface area contributed by atoms with E-state index in [4.69, 9.17) is 14.7 Å². The summed E-state index contributed by atoms with van der Waals surface area (Å²) in [5.41, 5.74) is 5.73. The number of rotatable bonds is 3. The molecule has 4 heterocycles. The van der Waals surface area contributed by atoms with Gasteiger partial charge in [-0.3, -0.25) is 4.90 Å². The monoisotopic (exact) mass is 380 g/mol. The van der Waals surface area contributed by atoms with Crippen molar-refractivity contribution in [3.05, 3.63) is 46.3 Å². The number of anilines is 1. The fourth-order valence-electron chi connectivity index (χ4n) is 5.07. The second-order valence-electron chi connectivity index (χ2n) is 8.37. The highest BCUT2D eigenvalue weighted by atomic mass is 16.5.